The van der Waals surface area contributed by atoms with Crippen LogP contribution in [0.5, 0.6) is 0 Å². The normalized spacial score (nSPS) is 23.1. The van der Waals surface area contributed by atoms with Crippen LogP contribution in [0.3, 0.4) is 0 Å². The van der Waals surface area contributed by atoms with E-state index in [2.05, 4.69) is 11.8 Å². The minimum absolute atomic E-state index is 0.489. The number of hydrogen-bond acceptors (Lipinski definition) is 2. The van der Waals surface area contributed by atoms with Crippen molar-refractivity contribution in [3.63, 3.8) is 0 Å². The topological polar surface area (TPSA) is 16.4 Å². The molecule has 1 aliphatic rings. The van der Waals surface area contributed by atoms with Crippen LogP contribution in [0.1, 0.15) is 25.5 Å². The highest BCUT2D eigenvalue weighted by Crippen LogP contribution is 2.24. The van der Waals surface area contributed by atoms with Crippen molar-refractivity contribution in [3.05, 3.63) is 23.1 Å². The second-order valence-corrected chi connectivity index (χ2v) is 3.90. The van der Waals surface area contributed by atoms with Gasteiger partial charge in [-0.1, -0.05) is 6.92 Å². The Hall–Kier alpha value is -0.470. The molecule has 2 heterocycles. The van der Waals surface area contributed by atoms with Crippen molar-refractivity contribution in [1.29, 1.82) is 0 Å². The lowest BCUT2D eigenvalue weighted by Crippen LogP contribution is -2.46. The van der Waals surface area contributed by atoms with Gasteiger partial charge < -0.3 is 4.42 Å². The number of hydrogen-bond donors (Lipinski definition) is 0. The summed E-state index contributed by atoms with van der Waals surface area (Å²) in [6.07, 6.45) is 2.55. The molecule has 0 aromatic carbocycles. The maximum atomic E-state index is 5.69. The highest BCUT2D eigenvalue weighted by Gasteiger charge is 2.26. The molecular formula is C10H14ClNO. The smallest absolute Gasteiger partial charge is 0.193 e. The van der Waals surface area contributed by atoms with Gasteiger partial charge in [0.2, 0.25) is 0 Å². The molecule has 0 bridgehead atoms. The summed E-state index contributed by atoms with van der Waals surface area (Å²) in [6, 6.07) is 4.51. The molecule has 1 aromatic rings. The Balaban J connectivity index is 1.91. The van der Waals surface area contributed by atoms with Crippen LogP contribution in [0.15, 0.2) is 16.5 Å². The average Bonchev–Trinajstić information content (AvgIpc) is 2.46. The van der Waals surface area contributed by atoms with Gasteiger partial charge in [-0.15, -0.1) is 0 Å². The molecule has 1 unspecified atom stereocenters. The molecule has 0 saturated carbocycles. The highest BCUT2D eigenvalue weighted by atomic mass is 35.5. The van der Waals surface area contributed by atoms with Crippen LogP contribution < -0.4 is 0 Å². The molecule has 1 aromatic heterocycles. The summed E-state index contributed by atoms with van der Waals surface area (Å²) in [7, 11) is 0. The van der Waals surface area contributed by atoms with Gasteiger partial charge in [0.1, 0.15) is 5.76 Å². The molecule has 0 aliphatic carbocycles. The van der Waals surface area contributed by atoms with Crippen LogP contribution in [0.25, 0.3) is 0 Å². The lowest BCUT2D eigenvalue weighted by atomic mass is 10.0. The van der Waals surface area contributed by atoms with Crippen LogP contribution in [0.4, 0.5) is 0 Å². The third kappa shape index (κ3) is 1.89. The summed E-state index contributed by atoms with van der Waals surface area (Å²) >= 11 is 5.69. The standard InChI is InChI=1S/C10H14ClNO/c1-2-8-5-6-12(8)7-9-3-4-10(11)13-9/h3-4,8H,2,5-7H2,1H3. The van der Waals surface area contributed by atoms with Gasteiger partial charge in [-0.2, -0.15) is 0 Å². The minimum atomic E-state index is 0.489. The largest absolute Gasteiger partial charge is 0.448 e. The third-order valence-electron chi connectivity index (χ3n) is 2.72. The Morgan fingerprint density at radius 2 is 2.46 bits per heavy atom. The molecule has 2 rings (SSSR count). The van der Waals surface area contributed by atoms with E-state index in [1.807, 2.05) is 6.07 Å². The number of nitrogens with zero attached hydrogens (tertiary/aromatic N) is 1. The molecule has 13 heavy (non-hydrogen) atoms. The van der Waals surface area contributed by atoms with E-state index in [1.54, 1.807) is 6.07 Å². The first kappa shape index (κ1) is 9.10. The summed E-state index contributed by atoms with van der Waals surface area (Å²) in [4.78, 5) is 2.43. The van der Waals surface area contributed by atoms with Gasteiger partial charge in [0.05, 0.1) is 6.54 Å². The van der Waals surface area contributed by atoms with E-state index in [9.17, 15) is 0 Å². The molecule has 0 spiro atoms. The van der Waals surface area contributed by atoms with E-state index in [0.717, 1.165) is 18.3 Å². The molecule has 1 saturated heterocycles. The maximum absolute atomic E-state index is 5.69. The Labute approximate surface area is 83.5 Å². The molecule has 1 atom stereocenters. The SMILES string of the molecule is CCC1CCN1Cc1ccc(Cl)o1. The van der Waals surface area contributed by atoms with Crippen molar-refractivity contribution in [2.24, 2.45) is 0 Å². The molecule has 0 N–H and O–H groups in total. The van der Waals surface area contributed by atoms with E-state index in [0.29, 0.717) is 5.22 Å². The Kier molecular flexibility index (Phi) is 2.61. The number of halogens is 1. The lowest BCUT2D eigenvalue weighted by Gasteiger charge is -2.39. The summed E-state index contributed by atoms with van der Waals surface area (Å²) < 4.78 is 5.31. The van der Waals surface area contributed by atoms with E-state index < -0.39 is 0 Å². The van der Waals surface area contributed by atoms with Crippen molar-refractivity contribution in [2.75, 3.05) is 6.54 Å². The van der Waals surface area contributed by atoms with Gasteiger partial charge in [-0.05, 0) is 36.6 Å². The molecule has 1 fully saturated rings. The van der Waals surface area contributed by atoms with Crippen LogP contribution in [-0.2, 0) is 6.54 Å². The zero-order valence-electron chi connectivity index (χ0n) is 7.79. The molecule has 3 heteroatoms. The molecule has 72 valence electrons. The van der Waals surface area contributed by atoms with Crippen LogP contribution in [-0.4, -0.2) is 17.5 Å². The fourth-order valence-corrected chi connectivity index (χ4v) is 1.96. The van der Waals surface area contributed by atoms with E-state index >= 15 is 0 Å². The van der Waals surface area contributed by atoms with Crippen molar-refractivity contribution < 1.29 is 4.42 Å². The quantitative estimate of drug-likeness (QED) is 0.745. The minimum Gasteiger partial charge on any atom is -0.448 e. The highest BCUT2D eigenvalue weighted by molar-refractivity contribution is 6.28. The average molecular weight is 200 g/mol. The van der Waals surface area contributed by atoms with Crippen molar-refractivity contribution in [2.45, 2.75) is 32.4 Å². The zero-order chi connectivity index (χ0) is 9.26. The molecular weight excluding hydrogens is 186 g/mol. The van der Waals surface area contributed by atoms with Gasteiger partial charge in [0, 0.05) is 12.6 Å². The second kappa shape index (κ2) is 3.72. The monoisotopic (exact) mass is 199 g/mol. The summed E-state index contributed by atoms with van der Waals surface area (Å²) in [5.41, 5.74) is 0. The lowest BCUT2D eigenvalue weighted by molar-refractivity contribution is 0.0713. The van der Waals surface area contributed by atoms with Crippen molar-refractivity contribution in [3.8, 4) is 0 Å². The first-order chi connectivity index (χ1) is 6.29. The predicted octanol–water partition coefficient (Wildman–Crippen LogP) is 2.92. The van der Waals surface area contributed by atoms with Gasteiger partial charge in [-0.3, -0.25) is 4.90 Å². The fraction of sp³-hybridized carbons (Fsp3) is 0.600. The maximum Gasteiger partial charge on any atom is 0.193 e. The molecule has 1 aliphatic heterocycles. The summed E-state index contributed by atoms with van der Waals surface area (Å²) in [5, 5.41) is 0.489. The van der Waals surface area contributed by atoms with Gasteiger partial charge in [0.25, 0.3) is 0 Å². The van der Waals surface area contributed by atoms with Crippen LogP contribution in [0.2, 0.25) is 5.22 Å². The fourth-order valence-electron chi connectivity index (χ4n) is 1.80. The Morgan fingerprint density at radius 1 is 1.62 bits per heavy atom. The van der Waals surface area contributed by atoms with Crippen LogP contribution >= 0.6 is 11.6 Å². The summed E-state index contributed by atoms with van der Waals surface area (Å²) in [6.45, 7) is 4.33. The van der Waals surface area contributed by atoms with Crippen molar-refractivity contribution >= 4 is 11.6 Å². The summed E-state index contributed by atoms with van der Waals surface area (Å²) in [5.74, 6) is 0.975. The second-order valence-electron chi connectivity index (χ2n) is 3.53. The molecule has 0 amide bonds. The van der Waals surface area contributed by atoms with Gasteiger partial charge >= 0.3 is 0 Å². The Bertz CT molecular complexity index is 282. The van der Waals surface area contributed by atoms with E-state index in [-0.39, 0.29) is 0 Å². The van der Waals surface area contributed by atoms with Gasteiger partial charge in [-0.25, -0.2) is 0 Å². The van der Waals surface area contributed by atoms with E-state index in [1.165, 1.54) is 19.4 Å². The van der Waals surface area contributed by atoms with Crippen molar-refractivity contribution in [1.82, 2.24) is 4.90 Å². The Morgan fingerprint density at radius 3 is 2.92 bits per heavy atom. The van der Waals surface area contributed by atoms with Gasteiger partial charge in [0.15, 0.2) is 5.22 Å². The molecule has 0 radical (unpaired) electrons. The van der Waals surface area contributed by atoms with Crippen LogP contribution in [0, 0.1) is 0 Å². The number of furan rings is 1. The number of rotatable bonds is 3. The first-order valence-corrected chi connectivity index (χ1v) is 5.15. The number of likely N-dealkylation sites (tertiary alicyclic amines) is 1. The first-order valence-electron chi connectivity index (χ1n) is 4.78. The van der Waals surface area contributed by atoms with E-state index in [4.69, 9.17) is 16.0 Å². The predicted molar refractivity (Wildman–Crippen MR) is 52.8 cm³/mol. The third-order valence-corrected chi connectivity index (χ3v) is 2.93. The molecule has 2 nitrogen and oxygen atoms in total. The zero-order valence-corrected chi connectivity index (χ0v) is 8.55.